The Morgan fingerprint density at radius 3 is 2.68 bits per heavy atom. The molecule has 0 saturated carbocycles. The Morgan fingerprint density at radius 2 is 1.89 bits per heavy atom. The highest BCUT2D eigenvalue weighted by molar-refractivity contribution is 5.41. The molecule has 1 fully saturated rings. The van der Waals surface area contributed by atoms with Gasteiger partial charge in [0.2, 0.25) is 5.95 Å². The number of benzene rings is 1. The van der Waals surface area contributed by atoms with E-state index >= 15 is 0 Å². The van der Waals surface area contributed by atoms with E-state index in [0.29, 0.717) is 12.5 Å². The zero-order valence-corrected chi connectivity index (χ0v) is 10.8. The van der Waals surface area contributed by atoms with Crippen LogP contribution in [0.25, 0.3) is 0 Å². The van der Waals surface area contributed by atoms with Crippen molar-refractivity contribution in [3.63, 3.8) is 0 Å². The molecule has 98 valence electrons. The van der Waals surface area contributed by atoms with Crippen LogP contribution < -0.4 is 10.2 Å². The molecule has 5 heteroatoms. The molecule has 1 aromatic carbocycles. The number of rotatable bonds is 4. The summed E-state index contributed by atoms with van der Waals surface area (Å²) in [4.78, 5) is 6.76. The first kappa shape index (κ1) is 11.9. The number of hydrogen-bond acceptors (Lipinski definition) is 5. The Labute approximate surface area is 112 Å². The Hall–Kier alpha value is -2.17. The molecule has 5 nitrogen and oxygen atoms in total. The van der Waals surface area contributed by atoms with Gasteiger partial charge in [0.15, 0.2) is 5.82 Å². The van der Waals surface area contributed by atoms with Gasteiger partial charge in [-0.2, -0.15) is 10.1 Å². The average Bonchev–Trinajstić information content (AvgIpc) is 3.01. The van der Waals surface area contributed by atoms with E-state index in [4.69, 9.17) is 0 Å². The fraction of sp³-hybridized carbons (Fsp3) is 0.357. The van der Waals surface area contributed by atoms with Gasteiger partial charge in [0.1, 0.15) is 0 Å². The minimum atomic E-state index is 0.591. The summed E-state index contributed by atoms with van der Waals surface area (Å²) in [6.07, 6.45) is 4.20. The van der Waals surface area contributed by atoms with E-state index in [9.17, 15) is 0 Å². The third-order valence-corrected chi connectivity index (χ3v) is 3.27. The van der Waals surface area contributed by atoms with E-state index in [1.54, 1.807) is 6.20 Å². The molecule has 0 spiro atoms. The predicted octanol–water partition coefficient (Wildman–Crippen LogP) is 2.08. The van der Waals surface area contributed by atoms with E-state index in [2.05, 4.69) is 37.5 Å². The lowest BCUT2D eigenvalue weighted by Crippen LogP contribution is -2.20. The molecule has 1 aliphatic rings. The summed E-state index contributed by atoms with van der Waals surface area (Å²) < 4.78 is 0. The molecule has 1 N–H and O–H groups in total. The van der Waals surface area contributed by atoms with Crippen LogP contribution in [0.2, 0.25) is 0 Å². The van der Waals surface area contributed by atoms with Crippen LogP contribution in [-0.4, -0.2) is 28.3 Å². The fourth-order valence-corrected chi connectivity index (χ4v) is 2.25. The lowest BCUT2D eigenvalue weighted by Gasteiger charge is -2.15. The lowest BCUT2D eigenvalue weighted by atomic mass is 10.2. The smallest absolute Gasteiger partial charge is 0.244 e. The summed E-state index contributed by atoms with van der Waals surface area (Å²) in [6, 6.07) is 10.2. The monoisotopic (exact) mass is 255 g/mol. The van der Waals surface area contributed by atoms with Gasteiger partial charge in [-0.1, -0.05) is 30.3 Å². The Bertz CT molecular complexity index is 522. The summed E-state index contributed by atoms with van der Waals surface area (Å²) in [5, 5.41) is 11.3. The molecule has 0 aliphatic carbocycles. The van der Waals surface area contributed by atoms with Gasteiger partial charge < -0.3 is 10.2 Å². The van der Waals surface area contributed by atoms with Crippen molar-refractivity contribution in [3.8, 4) is 0 Å². The first-order valence-corrected chi connectivity index (χ1v) is 6.64. The summed E-state index contributed by atoms with van der Waals surface area (Å²) in [7, 11) is 0. The van der Waals surface area contributed by atoms with Gasteiger partial charge in [0, 0.05) is 19.6 Å². The molecule has 0 bridgehead atoms. The van der Waals surface area contributed by atoms with Gasteiger partial charge >= 0.3 is 0 Å². The van der Waals surface area contributed by atoms with Gasteiger partial charge in [0.25, 0.3) is 0 Å². The van der Waals surface area contributed by atoms with Crippen molar-refractivity contribution in [1.82, 2.24) is 15.2 Å². The van der Waals surface area contributed by atoms with Crippen LogP contribution in [0.15, 0.2) is 36.5 Å². The van der Waals surface area contributed by atoms with Gasteiger partial charge in [0.05, 0.1) is 6.20 Å². The van der Waals surface area contributed by atoms with Gasteiger partial charge in [-0.15, -0.1) is 5.10 Å². The molecule has 1 saturated heterocycles. The lowest BCUT2D eigenvalue weighted by molar-refractivity contribution is 0.879. The third kappa shape index (κ3) is 2.99. The maximum atomic E-state index is 4.51. The van der Waals surface area contributed by atoms with Crippen LogP contribution in [0.4, 0.5) is 11.8 Å². The van der Waals surface area contributed by atoms with E-state index in [0.717, 1.165) is 18.9 Å². The highest BCUT2D eigenvalue weighted by Crippen LogP contribution is 2.17. The van der Waals surface area contributed by atoms with Crippen LogP contribution in [0.3, 0.4) is 0 Å². The van der Waals surface area contributed by atoms with Gasteiger partial charge in [-0.25, -0.2) is 0 Å². The van der Waals surface area contributed by atoms with Crippen LogP contribution in [0.5, 0.6) is 0 Å². The predicted molar refractivity (Wildman–Crippen MR) is 75.0 cm³/mol. The van der Waals surface area contributed by atoms with E-state index < -0.39 is 0 Å². The van der Waals surface area contributed by atoms with Crippen molar-refractivity contribution >= 4 is 11.8 Å². The summed E-state index contributed by atoms with van der Waals surface area (Å²) >= 11 is 0. The molecule has 0 atom stereocenters. The average molecular weight is 255 g/mol. The molecule has 19 heavy (non-hydrogen) atoms. The first-order valence-electron chi connectivity index (χ1n) is 6.64. The first-order chi connectivity index (χ1) is 9.42. The largest absolute Gasteiger partial charge is 0.355 e. The van der Waals surface area contributed by atoms with Crippen molar-refractivity contribution in [2.45, 2.75) is 19.4 Å². The van der Waals surface area contributed by atoms with Crippen molar-refractivity contribution in [1.29, 1.82) is 0 Å². The second kappa shape index (κ2) is 5.65. The van der Waals surface area contributed by atoms with Crippen LogP contribution in [0, 0.1) is 0 Å². The van der Waals surface area contributed by atoms with Gasteiger partial charge in [-0.05, 0) is 18.4 Å². The van der Waals surface area contributed by atoms with Crippen molar-refractivity contribution in [3.05, 3.63) is 42.1 Å². The molecule has 0 unspecified atom stereocenters. The number of nitrogens with zero attached hydrogens (tertiary/aromatic N) is 4. The zero-order valence-electron chi connectivity index (χ0n) is 10.8. The third-order valence-electron chi connectivity index (χ3n) is 3.27. The minimum absolute atomic E-state index is 0.591. The molecular weight excluding hydrogens is 238 g/mol. The van der Waals surface area contributed by atoms with Crippen molar-refractivity contribution in [2.75, 3.05) is 23.3 Å². The maximum Gasteiger partial charge on any atom is 0.244 e. The van der Waals surface area contributed by atoms with Gasteiger partial charge in [-0.3, -0.25) is 0 Å². The molecule has 0 radical (unpaired) electrons. The highest BCUT2D eigenvalue weighted by atomic mass is 15.3. The second-order valence-corrected chi connectivity index (χ2v) is 4.67. The van der Waals surface area contributed by atoms with Crippen LogP contribution in [-0.2, 0) is 6.54 Å². The Kier molecular flexibility index (Phi) is 3.54. The summed E-state index contributed by atoms with van der Waals surface area (Å²) in [5.74, 6) is 1.51. The van der Waals surface area contributed by atoms with Crippen molar-refractivity contribution in [2.24, 2.45) is 0 Å². The molecular formula is C14H17N5. The van der Waals surface area contributed by atoms with E-state index in [-0.39, 0.29) is 0 Å². The molecule has 1 aromatic heterocycles. The number of hydrogen-bond donors (Lipinski definition) is 1. The second-order valence-electron chi connectivity index (χ2n) is 4.67. The van der Waals surface area contributed by atoms with Crippen molar-refractivity contribution < 1.29 is 0 Å². The summed E-state index contributed by atoms with van der Waals surface area (Å²) in [5.41, 5.74) is 1.21. The topological polar surface area (TPSA) is 53.9 Å². The maximum absolute atomic E-state index is 4.51. The highest BCUT2D eigenvalue weighted by Gasteiger charge is 2.14. The molecule has 1 aliphatic heterocycles. The number of aromatic nitrogens is 3. The van der Waals surface area contributed by atoms with E-state index in [1.165, 1.54) is 18.4 Å². The SMILES string of the molecule is c1ccc(CNc2nncc(N3CCCC3)n2)cc1. The molecule has 2 aromatic rings. The van der Waals surface area contributed by atoms with Crippen LogP contribution >= 0.6 is 0 Å². The quantitative estimate of drug-likeness (QED) is 0.906. The minimum Gasteiger partial charge on any atom is -0.355 e. The number of nitrogens with one attached hydrogen (secondary N) is 1. The molecule has 0 amide bonds. The standard InChI is InChI=1S/C14H17N5/c1-2-6-12(7-3-1)10-15-14-17-13(11-16-18-14)19-8-4-5-9-19/h1-3,6-7,11H,4-5,8-10H2,(H,15,17,18). The Balaban J connectivity index is 1.66. The molecule has 2 heterocycles. The molecule has 3 rings (SSSR count). The van der Waals surface area contributed by atoms with E-state index in [1.807, 2.05) is 18.2 Å². The normalized spacial score (nSPS) is 14.6. The number of anilines is 2. The zero-order chi connectivity index (χ0) is 12.9. The fourth-order valence-electron chi connectivity index (χ4n) is 2.25. The Morgan fingerprint density at radius 1 is 1.11 bits per heavy atom. The summed E-state index contributed by atoms with van der Waals surface area (Å²) in [6.45, 7) is 2.85. The van der Waals surface area contributed by atoms with Crippen LogP contribution in [0.1, 0.15) is 18.4 Å².